The van der Waals surface area contributed by atoms with Crippen molar-refractivity contribution >= 4 is 5.97 Å². The van der Waals surface area contributed by atoms with Gasteiger partial charge >= 0.3 is 5.97 Å². The summed E-state index contributed by atoms with van der Waals surface area (Å²) >= 11 is 0. The van der Waals surface area contributed by atoms with Crippen molar-refractivity contribution in [2.45, 2.75) is 20.3 Å². The summed E-state index contributed by atoms with van der Waals surface area (Å²) < 4.78 is 4.93. The lowest BCUT2D eigenvalue weighted by Crippen LogP contribution is -2.35. The second kappa shape index (κ2) is 7.76. The molecule has 0 radical (unpaired) electrons. The van der Waals surface area contributed by atoms with Gasteiger partial charge in [-0.05, 0) is 5.92 Å². The highest BCUT2D eigenvalue weighted by Crippen LogP contribution is 2.03. The Balaban J connectivity index is 3.89. The SMILES string of the molecule is CCC(C)CN(CCOC)CC(=O)O. The Morgan fingerprint density at radius 3 is 2.64 bits per heavy atom. The number of nitrogens with zero attached hydrogens (tertiary/aromatic N) is 1. The Kier molecular flexibility index (Phi) is 7.42. The van der Waals surface area contributed by atoms with E-state index in [4.69, 9.17) is 9.84 Å². The number of carboxylic acid groups (broad SMARTS) is 1. The Bertz CT molecular complexity index is 161. The van der Waals surface area contributed by atoms with E-state index in [9.17, 15) is 4.79 Å². The minimum absolute atomic E-state index is 0.105. The molecule has 0 aromatic carbocycles. The molecule has 4 heteroatoms. The third kappa shape index (κ3) is 6.86. The van der Waals surface area contributed by atoms with Gasteiger partial charge in [-0.1, -0.05) is 20.3 Å². The third-order valence-electron chi connectivity index (χ3n) is 2.24. The molecule has 0 aliphatic rings. The van der Waals surface area contributed by atoms with Crippen LogP contribution in [0.2, 0.25) is 0 Å². The molecule has 0 fully saturated rings. The molecule has 0 saturated carbocycles. The Morgan fingerprint density at radius 1 is 1.57 bits per heavy atom. The lowest BCUT2D eigenvalue weighted by atomic mass is 10.1. The van der Waals surface area contributed by atoms with Gasteiger partial charge < -0.3 is 9.84 Å². The Morgan fingerprint density at radius 2 is 2.21 bits per heavy atom. The summed E-state index contributed by atoms with van der Waals surface area (Å²) in [6, 6.07) is 0. The molecule has 0 spiro atoms. The summed E-state index contributed by atoms with van der Waals surface area (Å²) in [6.07, 6.45) is 1.07. The number of carbonyl (C=O) groups is 1. The quantitative estimate of drug-likeness (QED) is 0.641. The Labute approximate surface area is 85.9 Å². The molecule has 0 aliphatic carbocycles. The molecule has 0 bridgehead atoms. The molecule has 84 valence electrons. The molecule has 0 amide bonds. The number of aliphatic carboxylic acids is 1. The summed E-state index contributed by atoms with van der Waals surface area (Å²) in [4.78, 5) is 12.5. The predicted molar refractivity (Wildman–Crippen MR) is 55.4 cm³/mol. The maximum atomic E-state index is 10.6. The predicted octanol–water partition coefficient (Wildman–Crippen LogP) is 1.07. The number of hydrogen-bond donors (Lipinski definition) is 1. The molecule has 0 rings (SSSR count). The lowest BCUT2D eigenvalue weighted by molar-refractivity contribution is -0.138. The minimum atomic E-state index is -0.774. The van der Waals surface area contributed by atoms with Crippen LogP contribution in [0.5, 0.6) is 0 Å². The van der Waals surface area contributed by atoms with Gasteiger partial charge in [0.25, 0.3) is 0 Å². The van der Waals surface area contributed by atoms with Crippen LogP contribution in [0.25, 0.3) is 0 Å². The van der Waals surface area contributed by atoms with Gasteiger partial charge in [0, 0.05) is 20.2 Å². The molecule has 1 N–H and O–H groups in total. The van der Waals surface area contributed by atoms with Crippen LogP contribution >= 0.6 is 0 Å². The fourth-order valence-electron chi connectivity index (χ4n) is 1.22. The van der Waals surface area contributed by atoms with Gasteiger partial charge in [-0.3, -0.25) is 9.69 Å². The van der Waals surface area contributed by atoms with Gasteiger partial charge in [-0.15, -0.1) is 0 Å². The van der Waals surface area contributed by atoms with E-state index in [1.165, 1.54) is 0 Å². The van der Waals surface area contributed by atoms with Crippen molar-refractivity contribution in [3.8, 4) is 0 Å². The summed E-state index contributed by atoms with van der Waals surface area (Å²) in [7, 11) is 1.63. The molecule has 0 aromatic rings. The second-order valence-corrected chi connectivity index (χ2v) is 3.64. The molecule has 0 saturated heterocycles. The summed E-state index contributed by atoms with van der Waals surface area (Å²) in [5.41, 5.74) is 0. The van der Waals surface area contributed by atoms with Crippen LogP contribution in [0.3, 0.4) is 0 Å². The van der Waals surface area contributed by atoms with Gasteiger partial charge in [-0.2, -0.15) is 0 Å². The maximum Gasteiger partial charge on any atom is 0.317 e. The van der Waals surface area contributed by atoms with E-state index in [1.54, 1.807) is 7.11 Å². The van der Waals surface area contributed by atoms with Crippen LogP contribution < -0.4 is 0 Å². The highest BCUT2D eigenvalue weighted by molar-refractivity contribution is 5.69. The molecular formula is C10H21NO3. The number of rotatable bonds is 8. The van der Waals surface area contributed by atoms with Gasteiger partial charge in [0.1, 0.15) is 0 Å². The van der Waals surface area contributed by atoms with Crippen molar-refractivity contribution in [2.24, 2.45) is 5.92 Å². The molecule has 4 nitrogen and oxygen atoms in total. The van der Waals surface area contributed by atoms with Crippen LogP contribution in [0, 0.1) is 5.92 Å². The topological polar surface area (TPSA) is 49.8 Å². The van der Waals surface area contributed by atoms with E-state index in [1.807, 2.05) is 4.90 Å². The number of ether oxygens (including phenoxy) is 1. The summed E-state index contributed by atoms with van der Waals surface area (Å²) in [6.45, 7) is 6.44. The van der Waals surface area contributed by atoms with E-state index < -0.39 is 5.97 Å². The lowest BCUT2D eigenvalue weighted by Gasteiger charge is -2.22. The van der Waals surface area contributed by atoms with Crippen molar-refractivity contribution in [1.29, 1.82) is 0 Å². The first-order chi connectivity index (χ1) is 6.60. The third-order valence-corrected chi connectivity index (χ3v) is 2.24. The number of hydrogen-bond acceptors (Lipinski definition) is 3. The first-order valence-corrected chi connectivity index (χ1v) is 5.03. The molecule has 0 aliphatic heterocycles. The van der Waals surface area contributed by atoms with E-state index in [-0.39, 0.29) is 6.54 Å². The molecule has 1 atom stereocenters. The van der Waals surface area contributed by atoms with Gasteiger partial charge in [-0.25, -0.2) is 0 Å². The minimum Gasteiger partial charge on any atom is -0.480 e. The summed E-state index contributed by atoms with van der Waals surface area (Å²) in [5, 5.41) is 8.69. The molecule has 0 aromatic heterocycles. The van der Waals surface area contributed by atoms with E-state index >= 15 is 0 Å². The Hall–Kier alpha value is -0.610. The summed E-state index contributed by atoms with van der Waals surface area (Å²) in [5.74, 6) is -0.240. The van der Waals surface area contributed by atoms with E-state index in [0.717, 1.165) is 13.0 Å². The fourth-order valence-corrected chi connectivity index (χ4v) is 1.22. The average Bonchev–Trinajstić information content (AvgIpc) is 2.13. The maximum absolute atomic E-state index is 10.6. The van der Waals surface area contributed by atoms with Crippen molar-refractivity contribution in [3.63, 3.8) is 0 Å². The molecule has 0 heterocycles. The van der Waals surface area contributed by atoms with Gasteiger partial charge in [0.15, 0.2) is 0 Å². The highest BCUT2D eigenvalue weighted by atomic mass is 16.5. The van der Waals surface area contributed by atoms with E-state index in [0.29, 0.717) is 19.1 Å². The van der Waals surface area contributed by atoms with Crippen LogP contribution in [0.15, 0.2) is 0 Å². The molecule has 14 heavy (non-hydrogen) atoms. The van der Waals surface area contributed by atoms with Crippen LogP contribution in [-0.2, 0) is 9.53 Å². The van der Waals surface area contributed by atoms with E-state index in [2.05, 4.69) is 13.8 Å². The zero-order chi connectivity index (χ0) is 11.0. The fraction of sp³-hybridized carbons (Fsp3) is 0.900. The monoisotopic (exact) mass is 203 g/mol. The second-order valence-electron chi connectivity index (χ2n) is 3.64. The highest BCUT2D eigenvalue weighted by Gasteiger charge is 2.11. The first kappa shape index (κ1) is 13.4. The molecule has 1 unspecified atom stereocenters. The standard InChI is InChI=1S/C10H21NO3/c1-4-9(2)7-11(5-6-14-3)8-10(12)13/h9H,4-8H2,1-3H3,(H,12,13). The van der Waals surface area contributed by atoms with Crippen molar-refractivity contribution in [1.82, 2.24) is 4.90 Å². The van der Waals surface area contributed by atoms with Crippen LogP contribution in [0.4, 0.5) is 0 Å². The van der Waals surface area contributed by atoms with Crippen molar-refractivity contribution in [3.05, 3.63) is 0 Å². The number of methoxy groups -OCH3 is 1. The normalized spacial score (nSPS) is 13.1. The van der Waals surface area contributed by atoms with Crippen molar-refractivity contribution in [2.75, 3.05) is 33.4 Å². The van der Waals surface area contributed by atoms with Crippen LogP contribution in [0.1, 0.15) is 20.3 Å². The zero-order valence-corrected chi connectivity index (χ0v) is 9.32. The number of carboxylic acids is 1. The first-order valence-electron chi connectivity index (χ1n) is 5.03. The average molecular weight is 203 g/mol. The van der Waals surface area contributed by atoms with Crippen molar-refractivity contribution < 1.29 is 14.6 Å². The zero-order valence-electron chi connectivity index (χ0n) is 9.32. The molecular weight excluding hydrogens is 182 g/mol. The smallest absolute Gasteiger partial charge is 0.317 e. The largest absolute Gasteiger partial charge is 0.480 e. The van der Waals surface area contributed by atoms with Crippen LogP contribution in [-0.4, -0.2) is 49.3 Å². The van der Waals surface area contributed by atoms with Gasteiger partial charge in [0.2, 0.25) is 0 Å². The van der Waals surface area contributed by atoms with Gasteiger partial charge in [0.05, 0.1) is 13.2 Å².